The van der Waals surface area contributed by atoms with Crippen molar-refractivity contribution in [2.45, 2.75) is 31.7 Å². The molecule has 2 rings (SSSR count). The smallest absolute Gasteiger partial charge is 0.216 e. The van der Waals surface area contributed by atoms with E-state index in [9.17, 15) is 8.42 Å². The van der Waals surface area contributed by atoms with Crippen molar-refractivity contribution in [1.82, 2.24) is 10.0 Å². The molecule has 0 aromatic heterocycles. The van der Waals surface area contributed by atoms with Crippen LogP contribution >= 0.6 is 0 Å². The number of hydrogen-bond donors (Lipinski definition) is 2. The van der Waals surface area contributed by atoms with Gasteiger partial charge in [-0.2, -0.15) is 0 Å². The molecule has 0 bridgehead atoms. The molecular formula is C13H20N2O2S. The summed E-state index contributed by atoms with van der Waals surface area (Å²) in [4.78, 5) is 0. The quantitative estimate of drug-likeness (QED) is 0.816. The van der Waals surface area contributed by atoms with Gasteiger partial charge in [-0.05, 0) is 30.5 Å². The molecule has 2 N–H and O–H groups in total. The monoisotopic (exact) mass is 268 g/mol. The van der Waals surface area contributed by atoms with Crippen molar-refractivity contribution in [2.24, 2.45) is 5.92 Å². The third-order valence-electron chi connectivity index (χ3n) is 3.20. The standard InChI is InChI=1S/C13H20N2O2S/c1-10-7-13(10)15-18(16,17)9-12-5-3-11(4-6-12)8-14-2/h3-6,10,13-15H,7-9H2,1-2H3. The van der Waals surface area contributed by atoms with Crippen molar-refractivity contribution in [2.75, 3.05) is 7.05 Å². The number of hydrogen-bond acceptors (Lipinski definition) is 3. The Kier molecular flexibility index (Phi) is 4.04. The van der Waals surface area contributed by atoms with E-state index in [4.69, 9.17) is 0 Å². The molecule has 1 saturated carbocycles. The molecule has 1 fully saturated rings. The van der Waals surface area contributed by atoms with Gasteiger partial charge in [0.05, 0.1) is 5.75 Å². The lowest BCUT2D eigenvalue weighted by Gasteiger charge is -2.07. The minimum atomic E-state index is -3.20. The van der Waals surface area contributed by atoms with Gasteiger partial charge in [0.25, 0.3) is 0 Å². The Labute approximate surface area is 109 Å². The van der Waals surface area contributed by atoms with E-state index >= 15 is 0 Å². The van der Waals surface area contributed by atoms with Crippen LogP contribution in [0.2, 0.25) is 0 Å². The van der Waals surface area contributed by atoms with Crippen molar-refractivity contribution in [3.8, 4) is 0 Å². The van der Waals surface area contributed by atoms with Gasteiger partial charge < -0.3 is 5.32 Å². The number of benzene rings is 1. The molecule has 0 heterocycles. The highest BCUT2D eigenvalue weighted by molar-refractivity contribution is 7.88. The lowest BCUT2D eigenvalue weighted by molar-refractivity contribution is 0.577. The summed E-state index contributed by atoms with van der Waals surface area (Å²) in [7, 11) is -1.31. The van der Waals surface area contributed by atoms with Crippen LogP contribution in [0.1, 0.15) is 24.5 Å². The maximum absolute atomic E-state index is 11.9. The third-order valence-corrected chi connectivity index (χ3v) is 4.58. The second kappa shape index (κ2) is 5.38. The average molecular weight is 268 g/mol. The maximum atomic E-state index is 11.9. The molecule has 0 saturated heterocycles. The van der Waals surface area contributed by atoms with E-state index in [1.165, 1.54) is 0 Å². The molecular weight excluding hydrogens is 248 g/mol. The first-order valence-electron chi connectivity index (χ1n) is 6.22. The molecule has 5 heteroatoms. The van der Waals surface area contributed by atoms with Gasteiger partial charge in [0.1, 0.15) is 0 Å². The molecule has 1 aliphatic carbocycles. The Hall–Kier alpha value is -0.910. The van der Waals surface area contributed by atoms with Crippen LogP contribution in [0.3, 0.4) is 0 Å². The number of sulfonamides is 1. The molecule has 1 aromatic carbocycles. The Morgan fingerprint density at radius 3 is 2.28 bits per heavy atom. The molecule has 1 aliphatic rings. The van der Waals surface area contributed by atoms with Gasteiger partial charge in [0.2, 0.25) is 10.0 Å². The number of nitrogens with one attached hydrogen (secondary N) is 2. The second-order valence-electron chi connectivity index (χ2n) is 5.04. The predicted molar refractivity (Wildman–Crippen MR) is 72.5 cm³/mol. The lowest BCUT2D eigenvalue weighted by Crippen LogP contribution is -2.28. The largest absolute Gasteiger partial charge is 0.316 e. The molecule has 2 unspecified atom stereocenters. The molecule has 100 valence electrons. The first kappa shape index (κ1) is 13.5. The SMILES string of the molecule is CNCc1ccc(CS(=O)(=O)NC2CC2C)cc1. The van der Waals surface area contributed by atoms with Crippen LogP contribution in [0.5, 0.6) is 0 Å². The van der Waals surface area contributed by atoms with Crippen LogP contribution in [0, 0.1) is 5.92 Å². The van der Waals surface area contributed by atoms with Gasteiger partial charge >= 0.3 is 0 Å². The summed E-state index contributed by atoms with van der Waals surface area (Å²) < 4.78 is 26.5. The Bertz CT molecular complexity index is 496. The van der Waals surface area contributed by atoms with E-state index in [1.54, 1.807) is 0 Å². The lowest BCUT2D eigenvalue weighted by atomic mass is 10.1. The van der Waals surface area contributed by atoms with E-state index in [2.05, 4.69) is 17.0 Å². The van der Waals surface area contributed by atoms with E-state index in [-0.39, 0.29) is 11.8 Å². The summed E-state index contributed by atoms with van der Waals surface area (Å²) in [5.74, 6) is 0.550. The highest BCUT2D eigenvalue weighted by Crippen LogP contribution is 2.30. The Balaban J connectivity index is 1.95. The molecule has 18 heavy (non-hydrogen) atoms. The summed E-state index contributed by atoms with van der Waals surface area (Å²) in [6, 6.07) is 7.82. The van der Waals surface area contributed by atoms with Crippen LogP contribution in [0.25, 0.3) is 0 Å². The van der Waals surface area contributed by atoms with E-state index < -0.39 is 10.0 Å². The first-order valence-corrected chi connectivity index (χ1v) is 7.88. The highest BCUT2D eigenvalue weighted by atomic mass is 32.2. The van der Waals surface area contributed by atoms with E-state index in [0.29, 0.717) is 5.92 Å². The van der Waals surface area contributed by atoms with Crippen molar-refractivity contribution in [1.29, 1.82) is 0 Å². The van der Waals surface area contributed by atoms with E-state index in [0.717, 1.165) is 24.1 Å². The van der Waals surface area contributed by atoms with Gasteiger partial charge in [0.15, 0.2) is 0 Å². The molecule has 0 radical (unpaired) electrons. The second-order valence-corrected chi connectivity index (χ2v) is 6.80. The molecule has 1 aromatic rings. The third kappa shape index (κ3) is 3.80. The highest BCUT2D eigenvalue weighted by Gasteiger charge is 2.35. The van der Waals surface area contributed by atoms with Gasteiger partial charge in [-0.15, -0.1) is 0 Å². The molecule has 4 nitrogen and oxygen atoms in total. The summed E-state index contributed by atoms with van der Waals surface area (Å²) >= 11 is 0. The minimum Gasteiger partial charge on any atom is -0.316 e. The summed E-state index contributed by atoms with van der Waals surface area (Å²) in [5, 5.41) is 3.06. The fourth-order valence-corrected chi connectivity index (χ4v) is 3.44. The molecule has 0 aliphatic heterocycles. The predicted octanol–water partition coefficient (Wildman–Crippen LogP) is 1.23. The summed E-state index contributed by atoms with van der Waals surface area (Å²) in [6.45, 7) is 2.85. The van der Waals surface area contributed by atoms with Crippen molar-refractivity contribution < 1.29 is 8.42 Å². The average Bonchev–Trinajstić information content (AvgIpc) is 2.96. The van der Waals surface area contributed by atoms with Gasteiger partial charge in [-0.3, -0.25) is 0 Å². The van der Waals surface area contributed by atoms with E-state index in [1.807, 2.05) is 31.3 Å². The zero-order chi connectivity index (χ0) is 13.2. The molecule has 0 spiro atoms. The van der Waals surface area contributed by atoms with Crippen LogP contribution in [0.15, 0.2) is 24.3 Å². The Morgan fingerprint density at radius 2 is 1.78 bits per heavy atom. The van der Waals surface area contributed by atoms with Gasteiger partial charge in [-0.1, -0.05) is 31.2 Å². The number of rotatable bonds is 6. The fraction of sp³-hybridized carbons (Fsp3) is 0.538. The first-order chi connectivity index (χ1) is 8.50. The maximum Gasteiger partial charge on any atom is 0.216 e. The van der Waals surface area contributed by atoms with Crippen LogP contribution < -0.4 is 10.0 Å². The minimum absolute atomic E-state index is 0.0655. The fourth-order valence-electron chi connectivity index (χ4n) is 1.94. The zero-order valence-corrected chi connectivity index (χ0v) is 11.6. The summed E-state index contributed by atoms with van der Waals surface area (Å²) in [5.41, 5.74) is 1.98. The van der Waals surface area contributed by atoms with Crippen molar-refractivity contribution >= 4 is 10.0 Å². The molecule has 2 atom stereocenters. The topological polar surface area (TPSA) is 58.2 Å². The molecule has 0 amide bonds. The van der Waals surface area contributed by atoms with Gasteiger partial charge in [0, 0.05) is 12.6 Å². The van der Waals surface area contributed by atoms with Crippen LogP contribution in [0.4, 0.5) is 0 Å². The van der Waals surface area contributed by atoms with Crippen LogP contribution in [-0.4, -0.2) is 21.5 Å². The van der Waals surface area contributed by atoms with Crippen molar-refractivity contribution in [3.05, 3.63) is 35.4 Å². The normalized spacial score (nSPS) is 23.0. The zero-order valence-electron chi connectivity index (χ0n) is 10.8. The Morgan fingerprint density at radius 1 is 1.22 bits per heavy atom. The van der Waals surface area contributed by atoms with Crippen LogP contribution in [-0.2, 0) is 22.3 Å². The summed E-state index contributed by atoms with van der Waals surface area (Å²) in [6.07, 6.45) is 0.959. The van der Waals surface area contributed by atoms with Gasteiger partial charge in [-0.25, -0.2) is 13.1 Å². The van der Waals surface area contributed by atoms with Crippen molar-refractivity contribution in [3.63, 3.8) is 0 Å².